The number of thioether (sulfide) groups is 1. The summed E-state index contributed by atoms with van der Waals surface area (Å²) in [6.07, 6.45) is 1.63. The van der Waals surface area contributed by atoms with Gasteiger partial charge in [-0.15, -0.1) is 11.8 Å². The van der Waals surface area contributed by atoms with Crippen LogP contribution in [0, 0.1) is 0 Å². The number of carbonyl (C=O) groups is 1. The third kappa shape index (κ3) is 3.73. The molecular formula is C22H21N3O4S. The highest BCUT2D eigenvalue weighted by atomic mass is 32.2. The van der Waals surface area contributed by atoms with Gasteiger partial charge in [0.15, 0.2) is 0 Å². The Morgan fingerprint density at radius 2 is 1.87 bits per heavy atom. The van der Waals surface area contributed by atoms with Crippen LogP contribution >= 0.6 is 11.8 Å². The standard InChI is InChI=1S/C22H21N3O4S/c1-24-18-11-17(23-21(26)14-6-4-7-15(10-14)28-3)20(12-19(18)25(2)22(24)27)30-13-16-8-5-9-29-16/h4-12H,13H2,1-3H3,(H,23,26). The molecule has 0 radical (unpaired) electrons. The number of nitrogens with zero attached hydrogens (tertiary/aromatic N) is 2. The number of amides is 1. The van der Waals surface area contributed by atoms with E-state index in [0.717, 1.165) is 21.7 Å². The van der Waals surface area contributed by atoms with Gasteiger partial charge in [0.2, 0.25) is 0 Å². The largest absolute Gasteiger partial charge is 0.497 e. The molecule has 1 N–H and O–H groups in total. The van der Waals surface area contributed by atoms with Crippen molar-refractivity contribution in [2.75, 3.05) is 12.4 Å². The lowest BCUT2D eigenvalue weighted by Gasteiger charge is -2.12. The molecule has 0 spiro atoms. The first kappa shape index (κ1) is 19.9. The van der Waals surface area contributed by atoms with Gasteiger partial charge in [-0.3, -0.25) is 13.9 Å². The van der Waals surface area contributed by atoms with E-state index in [-0.39, 0.29) is 11.6 Å². The molecule has 4 aromatic rings. The molecule has 2 aromatic heterocycles. The highest BCUT2D eigenvalue weighted by Crippen LogP contribution is 2.34. The Bertz CT molecular complexity index is 1270. The lowest BCUT2D eigenvalue weighted by Crippen LogP contribution is -2.19. The molecule has 0 unspecified atom stereocenters. The van der Waals surface area contributed by atoms with Crippen molar-refractivity contribution in [3.63, 3.8) is 0 Å². The van der Waals surface area contributed by atoms with Gasteiger partial charge >= 0.3 is 5.69 Å². The molecule has 2 heterocycles. The van der Waals surface area contributed by atoms with E-state index in [2.05, 4.69) is 5.32 Å². The molecule has 0 bridgehead atoms. The number of carbonyl (C=O) groups excluding carboxylic acids is 1. The minimum Gasteiger partial charge on any atom is -0.497 e. The Hall–Kier alpha value is -3.39. The summed E-state index contributed by atoms with van der Waals surface area (Å²) in [5.41, 5.74) is 2.53. The van der Waals surface area contributed by atoms with E-state index in [1.807, 2.05) is 24.3 Å². The smallest absolute Gasteiger partial charge is 0.328 e. The van der Waals surface area contributed by atoms with Crippen molar-refractivity contribution in [1.82, 2.24) is 9.13 Å². The van der Waals surface area contributed by atoms with Crippen LogP contribution in [0.4, 0.5) is 5.69 Å². The lowest BCUT2D eigenvalue weighted by atomic mass is 10.2. The third-order valence-corrected chi connectivity index (χ3v) is 5.98. The summed E-state index contributed by atoms with van der Waals surface area (Å²) in [5, 5.41) is 2.99. The van der Waals surface area contributed by atoms with Crippen molar-refractivity contribution in [3.8, 4) is 5.75 Å². The highest BCUT2D eigenvalue weighted by Gasteiger charge is 2.16. The number of aromatic nitrogens is 2. The molecule has 4 rings (SSSR count). The van der Waals surface area contributed by atoms with Gasteiger partial charge in [-0.25, -0.2) is 4.79 Å². The van der Waals surface area contributed by atoms with Gasteiger partial charge in [0.25, 0.3) is 5.91 Å². The van der Waals surface area contributed by atoms with Gasteiger partial charge in [0.1, 0.15) is 11.5 Å². The van der Waals surface area contributed by atoms with E-state index < -0.39 is 0 Å². The number of benzene rings is 2. The third-order valence-electron chi connectivity index (χ3n) is 4.90. The van der Waals surface area contributed by atoms with Crippen LogP contribution in [-0.2, 0) is 19.8 Å². The Morgan fingerprint density at radius 3 is 2.57 bits per heavy atom. The van der Waals surface area contributed by atoms with E-state index in [0.29, 0.717) is 22.8 Å². The highest BCUT2D eigenvalue weighted by molar-refractivity contribution is 7.98. The maximum Gasteiger partial charge on any atom is 0.328 e. The zero-order valence-electron chi connectivity index (χ0n) is 16.8. The number of hydrogen-bond donors (Lipinski definition) is 1. The molecule has 1 amide bonds. The van der Waals surface area contributed by atoms with Gasteiger partial charge in [0, 0.05) is 24.6 Å². The summed E-state index contributed by atoms with van der Waals surface area (Å²) in [6, 6.07) is 14.5. The maximum absolute atomic E-state index is 12.9. The molecular weight excluding hydrogens is 402 g/mol. The molecule has 0 saturated heterocycles. The topological polar surface area (TPSA) is 78.4 Å². The van der Waals surface area contributed by atoms with Crippen LogP contribution in [0.1, 0.15) is 16.1 Å². The number of fused-ring (bicyclic) bond motifs is 1. The summed E-state index contributed by atoms with van der Waals surface area (Å²) in [4.78, 5) is 26.1. The predicted octanol–water partition coefficient (Wildman–Crippen LogP) is 4.02. The first-order valence-corrected chi connectivity index (χ1v) is 10.3. The summed E-state index contributed by atoms with van der Waals surface area (Å²) < 4.78 is 13.8. The van der Waals surface area contributed by atoms with E-state index in [9.17, 15) is 9.59 Å². The average Bonchev–Trinajstić information content (AvgIpc) is 3.36. The second-order valence-electron chi connectivity index (χ2n) is 6.79. The minimum atomic E-state index is -0.256. The number of rotatable bonds is 6. The van der Waals surface area contributed by atoms with Crippen molar-refractivity contribution < 1.29 is 13.9 Å². The first-order chi connectivity index (χ1) is 14.5. The van der Waals surface area contributed by atoms with Gasteiger partial charge in [-0.1, -0.05) is 6.07 Å². The summed E-state index contributed by atoms with van der Waals surface area (Å²) >= 11 is 1.53. The van der Waals surface area contributed by atoms with Crippen LogP contribution in [0.2, 0.25) is 0 Å². The Labute approximate surface area is 177 Å². The van der Waals surface area contributed by atoms with Gasteiger partial charge in [0.05, 0.1) is 35.8 Å². The van der Waals surface area contributed by atoms with Gasteiger partial charge in [-0.2, -0.15) is 0 Å². The van der Waals surface area contributed by atoms with E-state index in [1.165, 1.54) is 11.8 Å². The second kappa shape index (κ2) is 8.16. The molecule has 0 atom stereocenters. The molecule has 0 fully saturated rings. The van der Waals surface area contributed by atoms with Gasteiger partial charge in [-0.05, 0) is 42.5 Å². The summed E-state index contributed by atoms with van der Waals surface area (Å²) in [5.74, 6) is 1.78. The molecule has 0 saturated carbocycles. The molecule has 8 heteroatoms. The number of ether oxygens (including phenoxy) is 1. The average molecular weight is 423 g/mol. The van der Waals surface area contributed by atoms with Crippen molar-refractivity contribution in [3.05, 3.63) is 76.6 Å². The first-order valence-electron chi connectivity index (χ1n) is 9.28. The Balaban J connectivity index is 1.73. The molecule has 0 aliphatic carbocycles. The number of hydrogen-bond acceptors (Lipinski definition) is 5. The number of anilines is 1. The lowest BCUT2D eigenvalue weighted by molar-refractivity contribution is 0.102. The fraction of sp³-hybridized carbons (Fsp3) is 0.182. The Morgan fingerprint density at radius 1 is 1.10 bits per heavy atom. The number of aryl methyl sites for hydroxylation is 2. The quantitative estimate of drug-likeness (QED) is 0.474. The van der Waals surface area contributed by atoms with Crippen LogP contribution in [0.25, 0.3) is 11.0 Å². The zero-order chi connectivity index (χ0) is 21.3. The second-order valence-corrected chi connectivity index (χ2v) is 7.81. The number of methoxy groups -OCH3 is 1. The van der Waals surface area contributed by atoms with E-state index in [1.54, 1.807) is 60.9 Å². The fourth-order valence-corrected chi connectivity index (χ4v) is 4.17. The number of furan rings is 1. The minimum absolute atomic E-state index is 0.122. The van der Waals surface area contributed by atoms with Crippen LogP contribution in [0.5, 0.6) is 5.75 Å². The van der Waals surface area contributed by atoms with E-state index in [4.69, 9.17) is 9.15 Å². The molecule has 0 aliphatic rings. The normalized spacial score (nSPS) is 11.0. The van der Waals surface area contributed by atoms with Crippen LogP contribution in [0.3, 0.4) is 0 Å². The fourth-order valence-electron chi connectivity index (χ4n) is 3.25. The van der Waals surface area contributed by atoms with E-state index >= 15 is 0 Å². The van der Waals surface area contributed by atoms with Crippen LogP contribution < -0.4 is 15.7 Å². The van der Waals surface area contributed by atoms with Crippen molar-refractivity contribution >= 4 is 34.4 Å². The maximum atomic E-state index is 12.9. The van der Waals surface area contributed by atoms with Crippen LogP contribution in [-0.4, -0.2) is 22.2 Å². The molecule has 7 nitrogen and oxygen atoms in total. The SMILES string of the molecule is COc1cccc(C(=O)Nc2cc3c(cc2SCc2ccco2)n(C)c(=O)n3C)c1. The zero-order valence-corrected chi connectivity index (χ0v) is 17.7. The molecule has 30 heavy (non-hydrogen) atoms. The monoisotopic (exact) mass is 423 g/mol. The molecule has 2 aromatic carbocycles. The number of nitrogens with one attached hydrogen (secondary N) is 1. The predicted molar refractivity (Wildman–Crippen MR) is 117 cm³/mol. The van der Waals surface area contributed by atoms with Gasteiger partial charge < -0.3 is 14.5 Å². The Kier molecular flexibility index (Phi) is 5.41. The molecule has 0 aliphatic heterocycles. The summed E-state index contributed by atoms with van der Waals surface area (Å²) in [6.45, 7) is 0. The van der Waals surface area contributed by atoms with Crippen molar-refractivity contribution in [1.29, 1.82) is 0 Å². The summed E-state index contributed by atoms with van der Waals surface area (Å²) in [7, 11) is 5.01. The van der Waals surface area contributed by atoms with Crippen molar-refractivity contribution in [2.24, 2.45) is 14.1 Å². The molecule has 154 valence electrons. The number of imidazole rings is 1. The van der Waals surface area contributed by atoms with Crippen LogP contribution in [0.15, 0.2) is 68.9 Å². The van der Waals surface area contributed by atoms with Crippen molar-refractivity contribution in [2.45, 2.75) is 10.6 Å².